The van der Waals surface area contributed by atoms with Gasteiger partial charge in [0.15, 0.2) is 5.82 Å². The number of aryl methyl sites for hydroxylation is 1. The lowest BCUT2D eigenvalue weighted by Crippen LogP contribution is -2.62. The topological polar surface area (TPSA) is 75.5 Å². The largest absolute Gasteiger partial charge is 0.480 e. The maximum absolute atomic E-state index is 10.6. The Morgan fingerprint density at radius 1 is 1.33 bits per heavy atom. The molecule has 0 amide bonds. The van der Waals surface area contributed by atoms with Crippen LogP contribution in [-0.4, -0.2) is 46.6 Å². The van der Waals surface area contributed by atoms with Gasteiger partial charge in [0.1, 0.15) is 12.2 Å². The first-order valence-electron chi connectivity index (χ1n) is 6.81. The van der Waals surface area contributed by atoms with Crippen molar-refractivity contribution in [1.82, 2.24) is 10.2 Å². The molecular formula is C15H17N3O3. The van der Waals surface area contributed by atoms with Gasteiger partial charge in [-0.15, -0.1) is 5.10 Å². The second-order valence-electron chi connectivity index (χ2n) is 5.64. The monoisotopic (exact) mass is 287 g/mol. The molecule has 1 aromatic heterocycles. The zero-order valence-corrected chi connectivity index (χ0v) is 12.0. The first kappa shape index (κ1) is 13.8. The van der Waals surface area contributed by atoms with Crippen LogP contribution in [0.15, 0.2) is 24.3 Å². The van der Waals surface area contributed by atoms with E-state index in [1.807, 2.05) is 38.1 Å². The second-order valence-corrected chi connectivity index (χ2v) is 5.64. The Morgan fingerprint density at radius 2 is 2.00 bits per heavy atom. The van der Waals surface area contributed by atoms with E-state index in [2.05, 4.69) is 15.1 Å². The van der Waals surface area contributed by atoms with Crippen molar-refractivity contribution >= 4 is 22.6 Å². The van der Waals surface area contributed by atoms with Crippen LogP contribution < -0.4 is 4.90 Å². The number of hydrogen-bond donors (Lipinski definition) is 1. The van der Waals surface area contributed by atoms with E-state index >= 15 is 0 Å². The van der Waals surface area contributed by atoms with Gasteiger partial charge in [-0.2, -0.15) is 5.10 Å². The lowest BCUT2D eigenvalue weighted by Gasteiger charge is -2.47. The number of carbonyl (C=O) groups is 1. The van der Waals surface area contributed by atoms with Crippen molar-refractivity contribution in [3.05, 3.63) is 30.0 Å². The maximum Gasteiger partial charge on any atom is 0.329 e. The highest BCUT2D eigenvalue weighted by Crippen LogP contribution is 2.33. The Kier molecular flexibility index (Phi) is 3.25. The van der Waals surface area contributed by atoms with Crippen LogP contribution in [0.1, 0.15) is 12.6 Å². The van der Waals surface area contributed by atoms with Crippen LogP contribution in [0.2, 0.25) is 0 Å². The summed E-state index contributed by atoms with van der Waals surface area (Å²) in [5, 5.41) is 19.3. The van der Waals surface area contributed by atoms with E-state index in [1.54, 1.807) is 0 Å². The van der Waals surface area contributed by atoms with E-state index in [4.69, 9.17) is 9.84 Å². The third kappa shape index (κ3) is 2.54. The van der Waals surface area contributed by atoms with Gasteiger partial charge < -0.3 is 14.7 Å². The predicted octanol–water partition coefficient (Wildman–Crippen LogP) is 1.62. The molecule has 3 rings (SSSR count). The number of anilines is 1. The molecule has 1 fully saturated rings. The zero-order chi connectivity index (χ0) is 15.0. The third-order valence-electron chi connectivity index (χ3n) is 3.75. The van der Waals surface area contributed by atoms with Gasteiger partial charge in [-0.25, -0.2) is 4.79 Å². The van der Waals surface area contributed by atoms with Crippen molar-refractivity contribution in [1.29, 1.82) is 0 Å². The highest BCUT2D eigenvalue weighted by Gasteiger charge is 2.41. The normalized spacial score (nSPS) is 16.8. The summed E-state index contributed by atoms with van der Waals surface area (Å²) in [7, 11) is 0. The summed E-state index contributed by atoms with van der Waals surface area (Å²) in [4.78, 5) is 12.7. The Balaban J connectivity index is 1.81. The summed E-state index contributed by atoms with van der Waals surface area (Å²) in [5.41, 5.74) is 0.464. The zero-order valence-electron chi connectivity index (χ0n) is 12.0. The summed E-state index contributed by atoms with van der Waals surface area (Å²) < 4.78 is 5.43. The maximum atomic E-state index is 10.6. The molecule has 1 aromatic carbocycles. The molecule has 0 spiro atoms. The van der Waals surface area contributed by atoms with Gasteiger partial charge in [-0.05, 0) is 13.8 Å². The van der Waals surface area contributed by atoms with Gasteiger partial charge in [0.2, 0.25) is 0 Å². The lowest BCUT2D eigenvalue weighted by atomic mass is 9.95. The van der Waals surface area contributed by atoms with Gasteiger partial charge >= 0.3 is 5.97 Å². The van der Waals surface area contributed by atoms with Crippen LogP contribution in [0.3, 0.4) is 0 Å². The molecule has 0 aliphatic carbocycles. The quantitative estimate of drug-likeness (QED) is 0.921. The van der Waals surface area contributed by atoms with Gasteiger partial charge in [0.05, 0.1) is 18.8 Å². The van der Waals surface area contributed by atoms with Crippen LogP contribution in [0.4, 0.5) is 5.82 Å². The van der Waals surface area contributed by atoms with E-state index in [0.717, 1.165) is 22.3 Å². The van der Waals surface area contributed by atoms with E-state index in [9.17, 15) is 4.79 Å². The number of fused-ring (bicyclic) bond motifs is 1. The standard InChI is InChI=1S/C15H17N3O3/c1-10-11-5-3-4-6-12(11)14(17-16-10)18-8-15(2,9-18)21-7-13(19)20/h3-6H,7-9H2,1-2H3,(H,19,20). The summed E-state index contributed by atoms with van der Waals surface area (Å²) in [6.45, 7) is 4.81. The summed E-state index contributed by atoms with van der Waals surface area (Å²) in [6.07, 6.45) is 0. The van der Waals surface area contributed by atoms with E-state index in [-0.39, 0.29) is 6.61 Å². The average Bonchev–Trinajstić information content (AvgIpc) is 2.43. The van der Waals surface area contributed by atoms with Crippen LogP contribution in [0.5, 0.6) is 0 Å². The van der Waals surface area contributed by atoms with E-state index in [0.29, 0.717) is 13.1 Å². The van der Waals surface area contributed by atoms with E-state index in [1.165, 1.54) is 0 Å². The van der Waals surface area contributed by atoms with Gasteiger partial charge in [0.25, 0.3) is 0 Å². The fourth-order valence-corrected chi connectivity index (χ4v) is 2.70. The molecule has 0 radical (unpaired) electrons. The van der Waals surface area contributed by atoms with Crippen molar-refractivity contribution in [2.24, 2.45) is 0 Å². The van der Waals surface area contributed by atoms with Crippen molar-refractivity contribution in [3.63, 3.8) is 0 Å². The third-order valence-corrected chi connectivity index (χ3v) is 3.75. The molecule has 0 unspecified atom stereocenters. The minimum atomic E-state index is -0.949. The fourth-order valence-electron chi connectivity index (χ4n) is 2.70. The number of aliphatic carboxylic acids is 1. The molecule has 0 bridgehead atoms. The number of aromatic nitrogens is 2. The molecule has 1 N–H and O–H groups in total. The number of nitrogens with zero attached hydrogens (tertiary/aromatic N) is 3. The molecule has 0 saturated carbocycles. The van der Waals surface area contributed by atoms with Gasteiger partial charge in [-0.3, -0.25) is 0 Å². The first-order valence-corrected chi connectivity index (χ1v) is 6.81. The molecule has 110 valence electrons. The summed E-state index contributed by atoms with van der Waals surface area (Å²) >= 11 is 0. The number of ether oxygens (including phenoxy) is 1. The number of rotatable bonds is 4. The van der Waals surface area contributed by atoms with Crippen molar-refractivity contribution < 1.29 is 14.6 Å². The Morgan fingerprint density at radius 3 is 2.67 bits per heavy atom. The Hall–Kier alpha value is -2.21. The average molecular weight is 287 g/mol. The smallest absolute Gasteiger partial charge is 0.329 e. The molecule has 21 heavy (non-hydrogen) atoms. The number of hydrogen-bond acceptors (Lipinski definition) is 5. The van der Waals surface area contributed by atoms with Crippen LogP contribution >= 0.6 is 0 Å². The molecule has 2 heterocycles. The van der Waals surface area contributed by atoms with Crippen LogP contribution in [0, 0.1) is 6.92 Å². The fraction of sp³-hybridized carbons (Fsp3) is 0.400. The Bertz CT molecular complexity index is 696. The van der Waals surface area contributed by atoms with Crippen molar-refractivity contribution in [2.75, 3.05) is 24.6 Å². The van der Waals surface area contributed by atoms with Gasteiger partial charge in [-0.1, -0.05) is 24.3 Å². The van der Waals surface area contributed by atoms with Crippen LogP contribution in [-0.2, 0) is 9.53 Å². The summed E-state index contributed by atoms with van der Waals surface area (Å²) in [5.74, 6) is -0.122. The van der Waals surface area contributed by atoms with E-state index < -0.39 is 11.6 Å². The minimum absolute atomic E-state index is 0.273. The lowest BCUT2D eigenvalue weighted by molar-refractivity contribution is -0.150. The summed E-state index contributed by atoms with van der Waals surface area (Å²) in [6, 6.07) is 8.02. The number of carboxylic acids is 1. The van der Waals surface area contributed by atoms with Crippen LogP contribution in [0.25, 0.3) is 10.8 Å². The predicted molar refractivity (Wildman–Crippen MR) is 78.5 cm³/mol. The molecule has 0 atom stereocenters. The van der Waals surface area contributed by atoms with Gasteiger partial charge in [0, 0.05) is 10.8 Å². The SMILES string of the molecule is Cc1nnc(N2CC(C)(OCC(=O)O)C2)c2ccccc12. The molecule has 6 heteroatoms. The molecule has 1 aliphatic rings. The Labute approximate surface area is 122 Å². The molecule has 1 saturated heterocycles. The molecule has 2 aromatic rings. The van der Waals surface area contributed by atoms with Crippen molar-refractivity contribution in [2.45, 2.75) is 19.4 Å². The minimum Gasteiger partial charge on any atom is -0.480 e. The molecular weight excluding hydrogens is 270 g/mol. The molecule has 1 aliphatic heterocycles. The van der Waals surface area contributed by atoms with Crippen molar-refractivity contribution in [3.8, 4) is 0 Å². The molecule has 6 nitrogen and oxygen atoms in total. The first-order chi connectivity index (χ1) is 9.98. The second kappa shape index (κ2) is 4.96. The number of benzene rings is 1. The highest BCUT2D eigenvalue weighted by atomic mass is 16.5. The highest BCUT2D eigenvalue weighted by molar-refractivity contribution is 5.93. The number of carboxylic acid groups (broad SMARTS) is 1.